The fourth-order valence-corrected chi connectivity index (χ4v) is 1.82. The lowest BCUT2D eigenvalue weighted by Gasteiger charge is -2.11. The number of hydrogen-bond donors (Lipinski definition) is 0. The van der Waals surface area contributed by atoms with E-state index in [9.17, 15) is 0 Å². The van der Waals surface area contributed by atoms with Crippen LogP contribution in [0, 0.1) is 0 Å². The maximum Gasteiger partial charge on any atom is 0.122 e. The van der Waals surface area contributed by atoms with Crippen molar-refractivity contribution in [3.05, 3.63) is 39.8 Å². The maximum absolute atomic E-state index is 8.35. The van der Waals surface area contributed by atoms with Crippen molar-refractivity contribution in [2.45, 2.75) is 25.3 Å². The average Bonchev–Trinajstić information content (AvgIpc) is 3.09. The zero-order valence-corrected chi connectivity index (χ0v) is 8.68. The summed E-state index contributed by atoms with van der Waals surface area (Å²) >= 11 is 0. The number of nitrogens with zero attached hydrogens (tertiary/aromatic N) is 3. The second kappa shape index (κ2) is 4.24. The summed E-state index contributed by atoms with van der Waals surface area (Å²) in [6.45, 7) is 0.381. The van der Waals surface area contributed by atoms with E-state index in [1.807, 2.05) is 12.1 Å². The largest absolute Gasteiger partial charge is 0.496 e. The zero-order valence-electron chi connectivity index (χ0n) is 8.68. The van der Waals surface area contributed by atoms with Gasteiger partial charge in [0, 0.05) is 10.5 Å². The normalized spacial score (nSPS) is 14.5. The van der Waals surface area contributed by atoms with E-state index < -0.39 is 0 Å². The molecule has 0 aliphatic heterocycles. The SMILES string of the molecule is COc1cccc(C2CC2)c1CN=[N+]=[N-]. The molecule has 0 saturated heterocycles. The first kappa shape index (κ1) is 9.87. The van der Waals surface area contributed by atoms with E-state index in [1.54, 1.807) is 7.11 Å². The fourth-order valence-electron chi connectivity index (χ4n) is 1.82. The van der Waals surface area contributed by atoms with Gasteiger partial charge in [-0.15, -0.1) is 0 Å². The molecule has 78 valence electrons. The highest BCUT2D eigenvalue weighted by atomic mass is 16.5. The van der Waals surface area contributed by atoms with E-state index in [0.29, 0.717) is 12.5 Å². The predicted octanol–water partition coefficient (Wildman–Crippen LogP) is 3.38. The van der Waals surface area contributed by atoms with Crippen molar-refractivity contribution in [2.75, 3.05) is 7.11 Å². The van der Waals surface area contributed by atoms with Crippen LogP contribution >= 0.6 is 0 Å². The van der Waals surface area contributed by atoms with Crippen LogP contribution in [0.1, 0.15) is 29.9 Å². The summed E-state index contributed by atoms with van der Waals surface area (Å²) in [5.74, 6) is 1.47. The molecule has 0 bridgehead atoms. The van der Waals surface area contributed by atoms with Gasteiger partial charge in [0.25, 0.3) is 0 Å². The van der Waals surface area contributed by atoms with Crippen LogP contribution in [-0.2, 0) is 6.54 Å². The molecule has 1 fully saturated rings. The van der Waals surface area contributed by atoms with Crippen molar-refractivity contribution in [3.8, 4) is 5.75 Å². The van der Waals surface area contributed by atoms with Crippen molar-refractivity contribution < 1.29 is 4.74 Å². The monoisotopic (exact) mass is 203 g/mol. The van der Waals surface area contributed by atoms with Gasteiger partial charge in [-0.1, -0.05) is 17.2 Å². The van der Waals surface area contributed by atoms with E-state index in [0.717, 1.165) is 11.3 Å². The van der Waals surface area contributed by atoms with Crippen LogP contribution in [0.5, 0.6) is 5.75 Å². The molecule has 0 unspecified atom stereocenters. The lowest BCUT2D eigenvalue weighted by atomic mass is 10.0. The first-order valence-electron chi connectivity index (χ1n) is 5.03. The fraction of sp³-hybridized carbons (Fsp3) is 0.455. The third-order valence-corrected chi connectivity index (χ3v) is 2.70. The first-order chi connectivity index (χ1) is 7.36. The minimum Gasteiger partial charge on any atom is -0.496 e. The smallest absolute Gasteiger partial charge is 0.122 e. The maximum atomic E-state index is 8.35. The van der Waals surface area contributed by atoms with Gasteiger partial charge in [0.1, 0.15) is 5.75 Å². The van der Waals surface area contributed by atoms with Crippen LogP contribution in [0.3, 0.4) is 0 Å². The van der Waals surface area contributed by atoms with Gasteiger partial charge in [0.2, 0.25) is 0 Å². The van der Waals surface area contributed by atoms with Gasteiger partial charge < -0.3 is 4.74 Å². The molecule has 1 aliphatic rings. The van der Waals surface area contributed by atoms with Crippen molar-refractivity contribution in [3.63, 3.8) is 0 Å². The number of methoxy groups -OCH3 is 1. The zero-order chi connectivity index (χ0) is 10.7. The Morgan fingerprint density at radius 3 is 2.93 bits per heavy atom. The summed E-state index contributed by atoms with van der Waals surface area (Å²) in [5.41, 5.74) is 10.7. The van der Waals surface area contributed by atoms with Crippen molar-refractivity contribution in [1.82, 2.24) is 0 Å². The molecule has 15 heavy (non-hydrogen) atoms. The molecule has 4 nitrogen and oxygen atoms in total. The minimum atomic E-state index is 0.381. The molecule has 0 atom stereocenters. The number of hydrogen-bond acceptors (Lipinski definition) is 2. The molecule has 4 heteroatoms. The molecule has 1 aliphatic carbocycles. The summed E-state index contributed by atoms with van der Waals surface area (Å²) in [4.78, 5) is 2.80. The standard InChI is InChI=1S/C11H13N3O/c1-15-11-4-2-3-9(8-5-6-8)10(11)7-13-14-12/h2-4,8H,5-7H2,1H3. The Labute approximate surface area is 88.5 Å². The average molecular weight is 203 g/mol. The Hall–Kier alpha value is -1.67. The molecule has 0 N–H and O–H groups in total. The number of azide groups is 1. The van der Waals surface area contributed by atoms with Crippen molar-refractivity contribution >= 4 is 0 Å². The Morgan fingerprint density at radius 1 is 1.53 bits per heavy atom. The van der Waals surface area contributed by atoms with Gasteiger partial charge in [-0.2, -0.15) is 0 Å². The Morgan fingerprint density at radius 2 is 2.33 bits per heavy atom. The molecule has 0 aromatic heterocycles. The number of rotatable bonds is 4. The molecule has 2 rings (SSSR count). The highest BCUT2D eigenvalue weighted by Crippen LogP contribution is 2.43. The van der Waals surface area contributed by atoms with Crippen LogP contribution in [0.25, 0.3) is 10.4 Å². The molecular weight excluding hydrogens is 190 g/mol. The van der Waals surface area contributed by atoms with E-state index in [1.165, 1.54) is 18.4 Å². The number of ether oxygens (including phenoxy) is 1. The lowest BCUT2D eigenvalue weighted by molar-refractivity contribution is 0.409. The van der Waals surface area contributed by atoms with E-state index in [4.69, 9.17) is 10.3 Å². The summed E-state index contributed by atoms with van der Waals surface area (Å²) in [6.07, 6.45) is 2.47. The van der Waals surface area contributed by atoms with Gasteiger partial charge in [-0.3, -0.25) is 0 Å². The molecule has 0 heterocycles. The predicted molar refractivity (Wildman–Crippen MR) is 57.8 cm³/mol. The van der Waals surface area contributed by atoms with E-state index >= 15 is 0 Å². The van der Waals surface area contributed by atoms with Crippen molar-refractivity contribution in [2.24, 2.45) is 5.11 Å². The molecule has 1 aromatic rings. The topological polar surface area (TPSA) is 58.0 Å². The second-order valence-corrected chi connectivity index (χ2v) is 3.69. The van der Waals surface area contributed by atoms with Crippen LogP contribution in [-0.4, -0.2) is 7.11 Å². The summed E-state index contributed by atoms with van der Waals surface area (Å²) in [7, 11) is 1.64. The second-order valence-electron chi connectivity index (χ2n) is 3.69. The third kappa shape index (κ3) is 2.05. The van der Waals surface area contributed by atoms with Gasteiger partial charge in [0.05, 0.1) is 13.7 Å². The highest BCUT2D eigenvalue weighted by Gasteiger charge is 2.26. The molecule has 1 aromatic carbocycles. The Bertz CT molecular complexity index is 406. The van der Waals surface area contributed by atoms with E-state index in [2.05, 4.69) is 16.1 Å². The van der Waals surface area contributed by atoms with Crippen LogP contribution in [0.2, 0.25) is 0 Å². The Balaban J connectivity index is 2.38. The lowest BCUT2D eigenvalue weighted by Crippen LogP contribution is -1.95. The van der Waals surface area contributed by atoms with Gasteiger partial charge in [0.15, 0.2) is 0 Å². The van der Waals surface area contributed by atoms with Crippen LogP contribution < -0.4 is 4.74 Å². The first-order valence-corrected chi connectivity index (χ1v) is 5.03. The van der Waals surface area contributed by atoms with Gasteiger partial charge >= 0.3 is 0 Å². The van der Waals surface area contributed by atoms with Gasteiger partial charge in [-0.25, -0.2) is 0 Å². The summed E-state index contributed by atoms with van der Waals surface area (Å²) < 4.78 is 5.28. The summed E-state index contributed by atoms with van der Waals surface area (Å²) in [6, 6.07) is 6.00. The highest BCUT2D eigenvalue weighted by molar-refractivity contribution is 5.43. The summed E-state index contributed by atoms with van der Waals surface area (Å²) in [5, 5.41) is 3.62. The third-order valence-electron chi connectivity index (χ3n) is 2.70. The quantitative estimate of drug-likeness (QED) is 0.420. The minimum absolute atomic E-state index is 0.381. The van der Waals surface area contributed by atoms with Crippen molar-refractivity contribution in [1.29, 1.82) is 0 Å². The van der Waals surface area contributed by atoms with Gasteiger partial charge in [-0.05, 0) is 35.9 Å². The Kier molecular flexibility index (Phi) is 2.79. The van der Waals surface area contributed by atoms with Crippen LogP contribution in [0.4, 0.5) is 0 Å². The van der Waals surface area contributed by atoms with Crippen LogP contribution in [0.15, 0.2) is 23.3 Å². The molecule has 1 saturated carbocycles. The van der Waals surface area contributed by atoms with E-state index in [-0.39, 0.29) is 0 Å². The molecular formula is C11H13N3O. The molecule has 0 spiro atoms. The molecule has 0 radical (unpaired) electrons. The molecule has 0 amide bonds. The number of benzene rings is 1.